The van der Waals surface area contributed by atoms with Crippen molar-refractivity contribution in [3.05, 3.63) is 164 Å². The molecule has 0 aliphatic heterocycles. The Hall–Kier alpha value is -6.65. The molecule has 10 aromatic rings. The fraction of sp³-hybridized carbons (Fsp3) is 0. The zero-order valence-electron chi connectivity index (χ0n) is 26.3. The Labute approximate surface area is 282 Å². The highest BCUT2D eigenvalue weighted by molar-refractivity contribution is 6.15. The van der Waals surface area contributed by atoms with Crippen LogP contribution in [0.4, 0.5) is 0 Å². The van der Waals surface area contributed by atoms with Gasteiger partial charge in [0, 0.05) is 21.9 Å². The summed E-state index contributed by atoms with van der Waals surface area (Å²) in [6.45, 7) is 0. The number of aromatic nitrogens is 3. The van der Waals surface area contributed by atoms with Crippen LogP contribution >= 0.6 is 0 Å². The summed E-state index contributed by atoms with van der Waals surface area (Å²) >= 11 is 0. The molecule has 0 amide bonds. The van der Waals surface area contributed by atoms with Crippen LogP contribution in [0.5, 0.6) is 0 Å². The maximum absolute atomic E-state index is 6.76. The molecule has 0 aliphatic carbocycles. The Balaban J connectivity index is 1.29. The van der Waals surface area contributed by atoms with Crippen molar-refractivity contribution in [2.24, 2.45) is 0 Å². The highest BCUT2D eigenvalue weighted by atomic mass is 16.3. The lowest BCUT2D eigenvalue weighted by atomic mass is 9.94. The van der Waals surface area contributed by atoms with E-state index in [-0.39, 0.29) is 0 Å². The lowest BCUT2D eigenvalue weighted by molar-refractivity contribution is 0.670. The van der Waals surface area contributed by atoms with Crippen LogP contribution < -0.4 is 0 Å². The predicted molar refractivity (Wildman–Crippen MR) is 201 cm³/mol. The molecule has 0 saturated carbocycles. The maximum atomic E-state index is 6.76. The highest BCUT2D eigenvalue weighted by Gasteiger charge is 2.20. The summed E-state index contributed by atoms with van der Waals surface area (Å²) in [5, 5.41) is 9.27. The van der Waals surface area contributed by atoms with Crippen molar-refractivity contribution in [3.63, 3.8) is 0 Å². The zero-order valence-corrected chi connectivity index (χ0v) is 26.3. The van der Waals surface area contributed by atoms with Crippen LogP contribution in [0.15, 0.2) is 168 Å². The summed E-state index contributed by atoms with van der Waals surface area (Å²) in [6, 6.07) is 57.1. The molecule has 0 spiro atoms. The largest absolute Gasteiger partial charge is 0.455 e. The van der Waals surface area contributed by atoms with E-state index in [1.54, 1.807) is 0 Å². The highest BCUT2D eigenvalue weighted by Crippen LogP contribution is 2.41. The number of rotatable bonds is 4. The number of nitrogens with zero attached hydrogens (tertiary/aromatic N) is 3. The third kappa shape index (κ3) is 4.65. The average molecular weight is 626 g/mol. The summed E-state index contributed by atoms with van der Waals surface area (Å²) in [6.07, 6.45) is 0. The Morgan fingerprint density at radius 2 is 0.878 bits per heavy atom. The van der Waals surface area contributed by atoms with E-state index in [9.17, 15) is 0 Å². The van der Waals surface area contributed by atoms with Crippen molar-refractivity contribution in [1.82, 2.24) is 15.0 Å². The van der Waals surface area contributed by atoms with E-state index in [1.165, 1.54) is 26.9 Å². The number of hydrogen-bond donors (Lipinski definition) is 0. The monoisotopic (exact) mass is 625 g/mol. The molecule has 8 aromatic carbocycles. The van der Waals surface area contributed by atoms with E-state index in [4.69, 9.17) is 19.4 Å². The minimum atomic E-state index is 0.564. The summed E-state index contributed by atoms with van der Waals surface area (Å²) in [4.78, 5) is 15.2. The first-order valence-electron chi connectivity index (χ1n) is 16.4. The third-order valence-electron chi connectivity index (χ3n) is 9.46. The first-order valence-corrected chi connectivity index (χ1v) is 16.4. The molecule has 0 unspecified atom stereocenters. The van der Waals surface area contributed by atoms with Crippen LogP contribution in [0, 0.1) is 0 Å². The van der Waals surface area contributed by atoms with Gasteiger partial charge in [-0.25, -0.2) is 15.0 Å². The van der Waals surface area contributed by atoms with E-state index in [1.807, 2.05) is 60.7 Å². The van der Waals surface area contributed by atoms with Crippen LogP contribution in [0.3, 0.4) is 0 Å². The van der Waals surface area contributed by atoms with Crippen molar-refractivity contribution in [2.45, 2.75) is 0 Å². The predicted octanol–water partition coefficient (Wildman–Crippen LogP) is 11.9. The molecule has 228 valence electrons. The third-order valence-corrected chi connectivity index (χ3v) is 9.46. The van der Waals surface area contributed by atoms with Gasteiger partial charge in [-0.05, 0) is 73.8 Å². The van der Waals surface area contributed by atoms with Gasteiger partial charge in [-0.15, -0.1) is 0 Å². The molecule has 0 saturated heterocycles. The average Bonchev–Trinajstić information content (AvgIpc) is 3.54. The summed E-state index contributed by atoms with van der Waals surface area (Å²) in [5.41, 5.74) is 6.43. The van der Waals surface area contributed by atoms with Gasteiger partial charge < -0.3 is 4.42 Å². The second-order valence-corrected chi connectivity index (χ2v) is 12.5. The lowest BCUT2D eigenvalue weighted by Gasteiger charge is -2.11. The minimum Gasteiger partial charge on any atom is -0.455 e. The first-order chi connectivity index (χ1) is 24.2. The van der Waals surface area contributed by atoms with Crippen molar-refractivity contribution >= 4 is 54.3 Å². The molecule has 0 radical (unpaired) electrons. The summed E-state index contributed by atoms with van der Waals surface area (Å²) in [7, 11) is 0. The van der Waals surface area contributed by atoms with Gasteiger partial charge in [-0.1, -0.05) is 133 Å². The second kappa shape index (κ2) is 11.0. The zero-order chi connectivity index (χ0) is 32.3. The molecule has 2 heterocycles. The van der Waals surface area contributed by atoms with Gasteiger partial charge in [0.25, 0.3) is 0 Å². The van der Waals surface area contributed by atoms with E-state index in [2.05, 4.69) is 103 Å². The van der Waals surface area contributed by atoms with E-state index >= 15 is 0 Å². The van der Waals surface area contributed by atoms with Gasteiger partial charge in [-0.2, -0.15) is 0 Å². The van der Waals surface area contributed by atoms with Gasteiger partial charge in [0.2, 0.25) is 0 Å². The SMILES string of the molecule is c1ccc(-c2nc(-c3ccccc3)nc(-c3cc(-c4ccc5ccc6ccccc6c5c4)cc4c3oc3cc5ccccc5cc34)n2)cc1. The molecule has 0 N–H and O–H groups in total. The van der Waals surface area contributed by atoms with E-state index in [0.29, 0.717) is 17.5 Å². The molecule has 2 aromatic heterocycles. The Morgan fingerprint density at radius 3 is 1.59 bits per heavy atom. The van der Waals surface area contributed by atoms with Gasteiger partial charge >= 0.3 is 0 Å². The van der Waals surface area contributed by atoms with Gasteiger partial charge in [0.05, 0.1) is 5.56 Å². The number of benzene rings is 8. The summed E-state index contributed by atoms with van der Waals surface area (Å²) in [5.74, 6) is 1.79. The molecule has 0 bridgehead atoms. The Bertz CT molecular complexity index is 2820. The molecule has 0 fully saturated rings. The van der Waals surface area contributed by atoms with Crippen LogP contribution in [-0.2, 0) is 0 Å². The smallest absolute Gasteiger partial charge is 0.167 e. The Morgan fingerprint density at radius 1 is 0.327 bits per heavy atom. The molecule has 4 nitrogen and oxygen atoms in total. The number of fused-ring (bicyclic) bond motifs is 7. The number of hydrogen-bond acceptors (Lipinski definition) is 4. The fourth-order valence-corrected chi connectivity index (χ4v) is 7.01. The maximum Gasteiger partial charge on any atom is 0.167 e. The van der Waals surface area contributed by atoms with Crippen molar-refractivity contribution in [2.75, 3.05) is 0 Å². The minimum absolute atomic E-state index is 0.564. The fourth-order valence-electron chi connectivity index (χ4n) is 7.01. The standard InChI is InChI=1S/C45H27N3O/c1-3-12-30(13-4-1)43-46-44(31-14-5-2-6-15-31)48-45(47-43)40-26-35(34-22-21-29-20-19-28-11-9-10-18-36(28)37(29)23-34)25-39-38-24-32-16-7-8-17-33(32)27-41(38)49-42(39)40/h1-27H. The van der Waals surface area contributed by atoms with E-state index < -0.39 is 0 Å². The van der Waals surface area contributed by atoms with Gasteiger partial charge in [-0.3, -0.25) is 0 Å². The lowest BCUT2D eigenvalue weighted by Crippen LogP contribution is -2.00. The number of furan rings is 1. The Kier molecular flexibility index (Phi) is 6.15. The molecule has 4 heteroatoms. The quantitative estimate of drug-likeness (QED) is 0.183. The second-order valence-electron chi connectivity index (χ2n) is 12.5. The van der Waals surface area contributed by atoms with Crippen LogP contribution in [-0.4, -0.2) is 15.0 Å². The normalized spacial score (nSPS) is 11.7. The molecular formula is C45H27N3O. The van der Waals surface area contributed by atoms with Crippen molar-refractivity contribution in [3.8, 4) is 45.3 Å². The topological polar surface area (TPSA) is 51.8 Å². The molecule has 49 heavy (non-hydrogen) atoms. The summed E-state index contributed by atoms with van der Waals surface area (Å²) < 4.78 is 6.76. The van der Waals surface area contributed by atoms with Crippen LogP contribution in [0.25, 0.3) is 99.5 Å². The molecule has 10 rings (SSSR count). The van der Waals surface area contributed by atoms with Gasteiger partial charge in [0.15, 0.2) is 17.5 Å². The van der Waals surface area contributed by atoms with Crippen molar-refractivity contribution in [1.29, 1.82) is 0 Å². The van der Waals surface area contributed by atoms with Crippen molar-refractivity contribution < 1.29 is 4.42 Å². The van der Waals surface area contributed by atoms with Gasteiger partial charge in [0.1, 0.15) is 11.2 Å². The van der Waals surface area contributed by atoms with Crippen LogP contribution in [0.1, 0.15) is 0 Å². The molecule has 0 aliphatic rings. The molecular weight excluding hydrogens is 599 g/mol. The van der Waals surface area contributed by atoms with Crippen LogP contribution in [0.2, 0.25) is 0 Å². The molecule has 0 atom stereocenters. The van der Waals surface area contributed by atoms with E-state index in [0.717, 1.165) is 55.1 Å². The first kappa shape index (κ1) is 27.5.